The van der Waals surface area contributed by atoms with Crippen LogP contribution >= 0.6 is 0 Å². The second-order valence-corrected chi connectivity index (χ2v) is 4.90. The average molecular weight is 319 g/mol. The first kappa shape index (κ1) is 17.0. The Morgan fingerprint density at radius 3 is 2.79 bits per heavy atom. The lowest BCUT2D eigenvalue weighted by Gasteiger charge is -2.09. The third kappa shape index (κ3) is 4.34. The van der Waals surface area contributed by atoms with E-state index in [-0.39, 0.29) is 5.78 Å². The predicted octanol–water partition coefficient (Wildman–Crippen LogP) is 4.03. The van der Waals surface area contributed by atoms with Gasteiger partial charge >= 0.3 is 0 Å². The van der Waals surface area contributed by atoms with Crippen LogP contribution in [0.4, 0.5) is 0 Å². The van der Waals surface area contributed by atoms with E-state index in [1.54, 1.807) is 55.7 Å². The van der Waals surface area contributed by atoms with Gasteiger partial charge in [-0.3, -0.25) is 4.79 Å². The smallest absolute Gasteiger partial charge is 0.185 e. The second kappa shape index (κ2) is 8.35. The van der Waals surface area contributed by atoms with E-state index < -0.39 is 0 Å². The zero-order valence-electron chi connectivity index (χ0n) is 13.4. The van der Waals surface area contributed by atoms with E-state index in [4.69, 9.17) is 14.7 Å². The zero-order valence-corrected chi connectivity index (χ0v) is 13.4. The van der Waals surface area contributed by atoms with E-state index in [1.165, 1.54) is 6.08 Å². The molecular formula is C20H17NO3. The first-order valence-electron chi connectivity index (χ1n) is 7.32. The van der Waals surface area contributed by atoms with Gasteiger partial charge in [0.25, 0.3) is 0 Å². The Labute approximate surface area is 141 Å². The van der Waals surface area contributed by atoms with Crippen LogP contribution in [0.3, 0.4) is 0 Å². The summed E-state index contributed by atoms with van der Waals surface area (Å²) in [7, 11) is 1.56. The zero-order chi connectivity index (χ0) is 17.4. The minimum atomic E-state index is -0.168. The Bertz CT molecular complexity index is 816. The SMILES string of the molecule is C=CCOc1ccc(/C=C/C(=O)c2cccc(C#N)c2)cc1OC. The quantitative estimate of drug-likeness (QED) is 0.439. The largest absolute Gasteiger partial charge is 0.493 e. The third-order valence-electron chi connectivity index (χ3n) is 3.25. The highest BCUT2D eigenvalue weighted by atomic mass is 16.5. The normalized spacial score (nSPS) is 10.2. The van der Waals surface area contributed by atoms with Crippen LogP contribution in [0.25, 0.3) is 6.08 Å². The second-order valence-electron chi connectivity index (χ2n) is 4.90. The molecule has 0 N–H and O–H groups in total. The lowest BCUT2D eigenvalue weighted by atomic mass is 10.1. The highest BCUT2D eigenvalue weighted by molar-refractivity contribution is 6.07. The summed E-state index contributed by atoms with van der Waals surface area (Å²) in [5.74, 6) is 1.03. The van der Waals surface area contributed by atoms with Crippen molar-refractivity contribution in [2.24, 2.45) is 0 Å². The van der Waals surface area contributed by atoms with Crippen molar-refractivity contribution in [3.05, 3.63) is 77.9 Å². The van der Waals surface area contributed by atoms with Crippen LogP contribution in [-0.2, 0) is 0 Å². The molecule has 0 aromatic heterocycles. The van der Waals surface area contributed by atoms with Crippen LogP contribution in [0.15, 0.2) is 61.2 Å². The number of hydrogen-bond donors (Lipinski definition) is 0. The molecule has 2 aromatic carbocycles. The molecule has 0 spiro atoms. The number of ether oxygens (including phenoxy) is 2. The maximum Gasteiger partial charge on any atom is 0.185 e. The van der Waals surface area contributed by atoms with E-state index in [9.17, 15) is 4.79 Å². The minimum Gasteiger partial charge on any atom is -0.493 e. The number of carbonyl (C=O) groups is 1. The van der Waals surface area contributed by atoms with Crippen LogP contribution in [-0.4, -0.2) is 19.5 Å². The first-order chi connectivity index (χ1) is 11.7. The van der Waals surface area contributed by atoms with Crippen LogP contribution in [0.2, 0.25) is 0 Å². The fraction of sp³-hybridized carbons (Fsp3) is 0.100. The van der Waals surface area contributed by atoms with Crippen LogP contribution in [0.5, 0.6) is 11.5 Å². The molecule has 4 nitrogen and oxygen atoms in total. The molecule has 120 valence electrons. The summed E-state index contributed by atoms with van der Waals surface area (Å²) < 4.78 is 10.8. The van der Waals surface area contributed by atoms with Gasteiger partial charge in [-0.05, 0) is 35.9 Å². The van der Waals surface area contributed by atoms with Gasteiger partial charge in [-0.1, -0.05) is 36.9 Å². The fourth-order valence-corrected chi connectivity index (χ4v) is 2.07. The lowest BCUT2D eigenvalue weighted by Crippen LogP contribution is -1.97. The fourth-order valence-electron chi connectivity index (χ4n) is 2.07. The summed E-state index contributed by atoms with van der Waals surface area (Å²) in [5.41, 5.74) is 1.74. The number of ketones is 1. The lowest BCUT2D eigenvalue weighted by molar-refractivity contribution is 0.104. The molecule has 4 heteroatoms. The Morgan fingerprint density at radius 2 is 2.08 bits per heavy atom. The van der Waals surface area contributed by atoms with Crippen molar-refractivity contribution in [1.82, 2.24) is 0 Å². The molecule has 0 atom stereocenters. The Kier molecular flexibility index (Phi) is 5.93. The molecule has 0 radical (unpaired) electrons. The van der Waals surface area contributed by atoms with Crippen LogP contribution in [0, 0.1) is 11.3 Å². The van der Waals surface area contributed by atoms with E-state index in [0.717, 1.165) is 5.56 Å². The van der Waals surface area contributed by atoms with Gasteiger partial charge in [-0.25, -0.2) is 0 Å². The highest BCUT2D eigenvalue weighted by Crippen LogP contribution is 2.28. The van der Waals surface area contributed by atoms with Crippen molar-refractivity contribution >= 4 is 11.9 Å². The van der Waals surface area contributed by atoms with E-state index >= 15 is 0 Å². The maximum absolute atomic E-state index is 12.2. The number of nitriles is 1. The Hall–Kier alpha value is -3.32. The predicted molar refractivity (Wildman–Crippen MR) is 93.2 cm³/mol. The van der Waals surface area contributed by atoms with E-state index in [2.05, 4.69) is 6.58 Å². The topological polar surface area (TPSA) is 59.3 Å². The van der Waals surface area contributed by atoms with Gasteiger partial charge in [0.15, 0.2) is 17.3 Å². The Balaban J connectivity index is 2.17. The van der Waals surface area contributed by atoms with Gasteiger partial charge in [0.2, 0.25) is 0 Å². The van der Waals surface area contributed by atoms with Gasteiger partial charge in [-0.2, -0.15) is 5.26 Å². The molecule has 0 aliphatic rings. The van der Waals surface area contributed by atoms with Gasteiger partial charge in [0, 0.05) is 5.56 Å². The molecule has 0 amide bonds. The highest BCUT2D eigenvalue weighted by Gasteiger charge is 2.06. The van der Waals surface area contributed by atoms with Crippen molar-refractivity contribution in [1.29, 1.82) is 5.26 Å². The molecule has 24 heavy (non-hydrogen) atoms. The van der Waals surface area contributed by atoms with Gasteiger partial charge in [0.05, 0.1) is 18.7 Å². The summed E-state index contributed by atoms with van der Waals surface area (Å²) in [6, 6.07) is 14.0. The molecule has 0 saturated heterocycles. The molecule has 0 aliphatic carbocycles. The van der Waals surface area contributed by atoms with Crippen LogP contribution in [0.1, 0.15) is 21.5 Å². The van der Waals surface area contributed by atoms with Crippen molar-refractivity contribution in [2.75, 3.05) is 13.7 Å². The number of nitrogens with zero attached hydrogens (tertiary/aromatic N) is 1. The average Bonchev–Trinajstić information content (AvgIpc) is 2.64. The third-order valence-corrected chi connectivity index (χ3v) is 3.25. The summed E-state index contributed by atoms with van der Waals surface area (Å²) in [6.07, 6.45) is 4.82. The summed E-state index contributed by atoms with van der Waals surface area (Å²) in [5, 5.41) is 8.89. The van der Waals surface area contributed by atoms with Gasteiger partial charge in [-0.15, -0.1) is 0 Å². The molecule has 0 unspecified atom stereocenters. The number of methoxy groups -OCH3 is 1. The van der Waals surface area contributed by atoms with Gasteiger partial charge < -0.3 is 9.47 Å². The van der Waals surface area contributed by atoms with Gasteiger partial charge in [0.1, 0.15) is 6.61 Å². The van der Waals surface area contributed by atoms with E-state index in [0.29, 0.717) is 29.2 Å². The minimum absolute atomic E-state index is 0.168. The number of carbonyl (C=O) groups excluding carboxylic acids is 1. The van der Waals surface area contributed by atoms with E-state index in [1.807, 2.05) is 12.1 Å². The monoisotopic (exact) mass is 319 g/mol. The first-order valence-corrected chi connectivity index (χ1v) is 7.32. The number of rotatable bonds is 7. The molecule has 2 aromatic rings. The molecule has 0 fully saturated rings. The van der Waals surface area contributed by atoms with Crippen molar-refractivity contribution in [3.63, 3.8) is 0 Å². The van der Waals surface area contributed by atoms with Crippen LogP contribution < -0.4 is 9.47 Å². The van der Waals surface area contributed by atoms with Crippen molar-refractivity contribution < 1.29 is 14.3 Å². The van der Waals surface area contributed by atoms with Crippen molar-refractivity contribution in [3.8, 4) is 17.6 Å². The Morgan fingerprint density at radius 1 is 1.25 bits per heavy atom. The molecule has 0 heterocycles. The molecular weight excluding hydrogens is 302 g/mol. The molecule has 2 rings (SSSR count). The molecule has 0 bridgehead atoms. The maximum atomic E-state index is 12.2. The summed E-state index contributed by atoms with van der Waals surface area (Å²) in [4.78, 5) is 12.2. The number of allylic oxidation sites excluding steroid dienone is 1. The molecule has 0 aliphatic heterocycles. The molecule has 0 saturated carbocycles. The number of hydrogen-bond acceptors (Lipinski definition) is 4. The number of benzene rings is 2. The summed E-state index contributed by atoms with van der Waals surface area (Å²) in [6.45, 7) is 3.99. The standard InChI is InChI=1S/C20H17NO3/c1-3-11-24-19-10-8-15(13-20(19)23-2)7-9-18(22)17-6-4-5-16(12-17)14-21/h3-10,12-13H,1,11H2,2H3/b9-7+. The summed E-state index contributed by atoms with van der Waals surface area (Å²) >= 11 is 0. The van der Waals surface area contributed by atoms with Crippen molar-refractivity contribution in [2.45, 2.75) is 0 Å².